The molecule has 0 aromatic heterocycles. The first-order chi connectivity index (χ1) is 9.92. The summed E-state index contributed by atoms with van der Waals surface area (Å²) in [6, 6.07) is 5.16. The molecule has 0 aliphatic rings. The number of carboxylic acids is 1. The third-order valence-corrected chi connectivity index (χ3v) is 2.97. The average Bonchev–Trinajstić information content (AvgIpc) is 2.37. The molecule has 0 radical (unpaired) electrons. The predicted octanol–water partition coefficient (Wildman–Crippen LogP) is 1.61. The molecule has 1 aromatic rings. The van der Waals surface area contributed by atoms with Crippen molar-refractivity contribution in [3.05, 3.63) is 35.6 Å². The maximum absolute atomic E-state index is 13.1. The Kier molecular flexibility index (Phi) is 6.81. The lowest BCUT2D eigenvalue weighted by Crippen LogP contribution is -2.44. The number of rotatable bonds is 8. The van der Waals surface area contributed by atoms with Gasteiger partial charge in [-0.2, -0.15) is 0 Å². The number of benzene rings is 1. The fraction of sp³-hybridized carbons (Fsp3) is 0.467. The maximum Gasteiger partial charge on any atom is 0.328 e. The SMILES string of the molecule is COCC(NC(=O)CC(C)Cc1cccc(F)c1)C(=O)O. The van der Waals surface area contributed by atoms with Crippen molar-refractivity contribution in [2.45, 2.75) is 25.8 Å². The molecule has 2 unspecified atom stereocenters. The van der Waals surface area contributed by atoms with Gasteiger partial charge in [0, 0.05) is 13.5 Å². The second-order valence-corrected chi connectivity index (χ2v) is 5.06. The molecule has 0 heterocycles. The fourth-order valence-electron chi connectivity index (χ4n) is 2.05. The minimum atomic E-state index is -1.14. The van der Waals surface area contributed by atoms with E-state index in [-0.39, 0.29) is 30.7 Å². The zero-order valence-electron chi connectivity index (χ0n) is 12.1. The minimum Gasteiger partial charge on any atom is -0.480 e. The van der Waals surface area contributed by atoms with Crippen LogP contribution in [0, 0.1) is 11.7 Å². The summed E-state index contributed by atoms with van der Waals surface area (Å²) in [4.78, 5) is 22.7. The van der Waals surface area contributed by atoms with Crippen LogP contribution in [0.5, 0.6) is 0 Å². The topological polar surface area (TPSA) is 75.6 Å². The van der Waals surface area contributed by atoms with E-state index in [2.05, 4.69) is 5.32 Å². The largest absolute Gasteiger partial charge is 0.480 e. The molecule has 6 heteroatoms. The van der Waals surface area contributed by atoms with E-state index in [1.165, 1.54) is 19.2 Å². The molecule has 5 nitrogen and oxygen atoms in total. The van der Waals surface area contributed by atoms with E-state index in [1.54, 1.807) is 12.1 Å². The third-order valence-electron chi connectivity index (χ3n) is 2.97. The van der Waals surface area contributed by atoms with Gasteiger partial charge in [0.05, 0.1) is 6.61 Å². The molecule has 0 bridgehead atoms. The molecule has 2 atom stereocenters. The zero-order valence-corrected chi connectivity index (χ0v) is 12.1. The summed E-state index contributed by atoms with van der Waals surface area (Å²) in [5.74, 6) is -1.83. The van der Waals surface area contributed by atoms with Crippen LogP contribution in [0.3, 0.4) is 0 Å². The molecule has 0 aliphatic heterocycles. The number of amides is 1. The van der Waals surface area contributed by atoms with Crippen LogP contribution in [-0.4, -0.2) is 36.7 Å². The number of hydrogen-bond donors (Lipinski definition) is 2. The summed E-state index contributed by atoms with van der Waals surface area (Å²) in [6.07, 6.45) is 0.719. The third kappa shape index (κ3) is 6.35. The Hall–Kier alpha value is -1.95. The minimum absolute atomic E-state index is 0.0243. The van der Waals surface area contributed by atoms with E-state index in [0.29, 0.717) is 6.42 Å². The number of hydrogen-bond acceptors (Lipinski definition) is 3. The van der Waals surface area contributed by atoms with Gasteiger partial charge < -0.3 is 15.2 Å². The van der Waals surface area contributed by atoms with Crippen LogP contribution in [0.1, 0.15) is 18.9 Å². The Bertz CT molecular complexity index is 492. The highest BCUT2D eigenvalue weighted by Gasteiger charge is 2.20. The second-order valence-electron chi connectivity index (χ2n) is 5.06. The highest BCUT2D eigenvalue weighted by Crippen LogP contribution is 2.13. The lowest BCUT2D eigenvalue weighted by Gasteiger charge is -2.16. The van der Waals surface area contributed by atoms with E-state index in [1.807, 2.05) is 6.92 Å². The number of nitrogens with one attached hydrogen (secondary N) is 1. The smallest absolute Gasteiger partial charge is 0.328 e. The Morgan fingerprint density at radius 3 is 2.71 bits per heavy atom. The average molecular weight is 297 g/mol. The van der Waals surface area contributed by atoms with Gasteiger partial charge in [0.2, 0.25) is 5.91 Å². The van der Waals surface area contributed by atoms with Crippen molar-refractivity contribution in [2.75, 3.05) is 13.7 Å². The van der Waals surface area contributed by atoms with E-state index in [4.69, 9.17) is 9.84 Å². The van der Waals surface area contributed by atoms with Gasteiger partial charge in [-0.05, 0) is 30.0 Å². The fourth-order valence-corrected chi connectivity index (χ4v) is 2.05. The molecule has 0 aliphatic carbocycles. The van der Waals surface area contributed by atoms with Gasteiger partial charge in [-0.3, -0.25) is 4.79 Å². The Balaban J connectivity index is 2.48. The van der Waals surface area contributed by atoms with Crippen LogP contribution >= 0.6 is 0 Å². The molecular weight excluding hydrogens is 277 g/mol. The Labute approximate surface area is 123 Å². The van der Waals surface area contributed by atoms with Gasteiger partial charge in [-0.1, -0.05) is 19.1 Å². The first-order valence-electron chi connectivity index (χ1n) is 6.68. The molecule has 2 N–H and O–H groups in total. The lowest BCUT2D eigenvalue weighted by atomic mass is 9.97. The van der Waals surface area contributed by atoms with Crippen molar-refractivity contribution >= 4 is 11.9 Å². The summed E-state index contributed by atoms with van der Waals surface area (Å²) in [6.45, 7) is 1.77. The Morgan fingerprint density at radius 2 is 2.14 bits per heavy atom. The monoisotopic (exact) mass is 297 g/mol. The molecule has 116 valence electrons. The molecule has 1 rings (SSSR count). The van der Waals surface area contributed by atoms with Crippen LogP contribution in [0.15, 0.2) is 24.3 Å². The predicted molar refractivity (Wildman–Crippen MR) is 75.3 cm³/mol. The van der Waals surface area contributed by atoms with Crippen LogP contribution in [-0.2, 0) is 20.7 Å². The van der Waals surface area contributed by atoms with Crippen LogP contribution < -0.4 is 5.32 Å². The van der Waals surface area contributed by atoms with Crippen molar-refractivity contribution < 1.29 is 23.8 Å². The summed E-state index contributed by atoms with van der Waals surface area (Å²) < 4.78 is 17.8. The normalized spacial score (nSPS) is 13.5. The maximum atomic E-state index is 13.1. The van der Waals surface area contributed by atoms with Gasteiger partial charge >= 0.3 is 5.97 Å². The molecule has 1 amide bonds. The number of methoxy groups -OCH3 is 1. The number of halogens is 1. The van der Waals surface area contributed by atoms with Crippen molar-refractivity contribution in [3.63, 3.8) is 0 Å². The van der Waals surface area contributed by atoms with Crippen LogP contribution in [0.2, 0.25) is 0 Å². The standard InChI is InChI=1S/C15H20FNO4/c1-10(6-11-4-3-5-12(16)8-11)7-14(18)17-13(9-21-2)15(19)20/h3-5,8,10,13H,6-7,9H2,1-2H3,(H,17,18)(H,19,20). The summed E-state index contributed by atoms with van der Waals surface area (Å²) in [5, 5.41) is 11.3. The van der Waals surface area contributed by atoms with Crippen LogP contribution in [0.4, 0.5) is 4.39 Å². The second kappa shape index (κ2) is 8.36. The molecule has 21 heavy (non-hydrogen) atoms. The van der Waals surface area contributed by atoms with Crippen molar-refractivity contribution in [2.24, 2.45) is 5.92 Å². The van der Waals surface area contributed by atoms with E-state index >= 15 is 0 Å². The number of carbonyl (C=O) groups excluding carboxylic acids is 1. The molecular formula is C15H20FNO4. The molecule has 0 fully saturated rings. The zero-order chi connectivity index (χ0) is 15.8. The van der Waals surface area contributed by atoms with E-state index in [9.17, 15) is 14.0 Å². The highest BCUT2D eigenvalue weighted by molar-refractivity contribution is 5.83. The molecule has 0 spiro atoms. The van der Waals surface area contributed by atoms with E-state index in [0.717, 1.165) is 5.56 Å². The summed E-state index contributed by atoms with van der Waals surface area (Å²) in [5.41, 5.74) is 0.807. The van der Waals surface area contributed by atoms with Gasteiger partial charge in [-0.25, -0.2) is 9.18 Å². The van der Waals surface area contributed by atoms with Gasteiger partial charge in [-0.15, -0.1) is 0 Å². The summed E-state index contributed by atoms with van der Waals surface area (Å²) in [7, 11) is 1.37. The number of aliphatic carboxylic acids is 1. The van der Waals surface area contributed by atoms with Gasteiger partial charge in [0.15, 0.2) is 6.04 Å². The first kappa shape index (κ1) is 17.1. The molecule has 0 saturated heterocycles. The Morgan fingerprint density at radius 1 is 1.43 bits per heavy atom. The first-order valence-corrected chi connectivity index (χ1v) is 6.68. The number of ether oxygens (including phenoxy) is 1. The molecule has 0 saturated carbocycles. The molecule has 1 aromatic carbocycles. The van der Waals surface area contributed by atoms with Crippen LogP contribution in [0.25, 0.3) is 0 Å². The number of carboxylic acid groups (broad SMARTS) is 1. The lowest BCUT2D eigenvalue weighted by molar-refractivity contribution is -0.143. The van der Waals surface area contributed by atoms with Crippen molar-refractivity contribution in [1.82, 2.24) is 5.32 Å². The summed E-state index contributed by atoms with van der Waals surface area (Å²) >= 11 is 0. The van der Waals surface area contributed by atoms with Gasteiger partial charge in [0.1, 0.15) is 5.82 Å². The van der Waals surface area contributed by atoms with E-state index < -0.39 is 12.0 Å². The quantitative estimate of drug-likeness (QED) is 0.764. The highest BCUT2D eigenvalue weighted by atomic mass is 19.1. The van der Waals surface area contributed by atoms with Crippen molar-refractivity contribution in [3.8, 4) is 0 Å². The van der Waals surface area contributed by atoms with Gasteiger partial charge in [0.25, 0.3) is 0 Å². The number of carbonyl (C=O) groups is 2. The van der Waals surface area contributed by atoms with Crippen molar-refractivity contribution in [1.29, 1.82) is 0 Å².